The smallest absolute Gasteiger partial charge is 0.246 e. The molecule has 27 heavy (non-hydrogen) atoms. The Bertz CT molecular complexity index is 893. The first-order chi connectivity index (χ1) is 12.9. The van der Waals surface area contributed by atoms with Crippen molar-refractivity contribution in [2.24, 2.45) is 5.92 Å². The molecule has 0 radical (unpaired) electrons. The minimum absolute atomic E-state index is 0.140. The lowest BCUT2D eigenvalue weighted by molar-refractivity contribution is -0.126. The molecule has 1 amide bonds. The van der Waals surface area contributed by atoms with Gasteiger partial charge in [0, 0.05) is 13.1 Å². The van der Waals surface area contributed by atoms with Crippen molar-refractivity contribution in [3.63, 3.8) is 0 Å². The van der Waals surface area contributed by atoms with Crippen LogP contribution in [0, 0.1) is 12.8 Å². The Morgan fingerprint density at radius 2 is 2.19 bits per heavy atom. The average Bonchev–Trinajstić information content (AvgIpc) is 3.19. The summed E-state index contributed by atoms with van der Waals surface area (Å²) in [6, 6.07) is 8.60. The van der Waals surface area contributed by atoms with Gasteiger partial charge in [-0.3, -0.25) is 4.79 Å². The van der Waals surface area contributed by atoms with Crippen LogP contribution in [0.15, 0.2) is 45.9 Å². The van der Waals surface area contributed by atoms with Crippen LogP contribution in [0.3, 0.4) is 0 Å². The maximum atomic E-state index is 13.1. The predicted octanol–water partition coefficient (Wildman–Crippen LogP) is 2.31. The first-order valence-electron chi connectivity index (χ1n) is 8.86. The van der Waals surface area contributed by atoms with Gasteiger partial charge in [-0.25, -0.2) is 8.42 Å². The number of rotatable bonds is 6. The lowest BCUT2D eigenvalue weighted by Crippen LogP contribution is -2.45. The van der Waals surface area contributed by atoms with Crippen molar-refractivity contribution in [1.82, 2.24) is 9.62 Å². The number of piperidine rings is 1. The van der Waals surface area contributed by atoms with E-state index in [-0.39, 0.29) is 23.3 Å². The number of furan rings is 1. The summed E-state index contributed by atoms with van der Waals surface area (Å²) in [7, 11) is -2.29. The molecule has 1 aliphatic heterocycles. The molecule has 1 saturated heterocycles. The zero-order valence-electron chi connectivity index (χ0n) is 15.5. The van der Waals surface area contributed by atoms with E-state index >= 15 is 0 Å². The Morgan fingerprint density at radius 3 is 2.89 bits per heavy atom. The summed E-state index contributed by atoms with van der Waals surface area (Å²) in [5, 5.41) is 2.82. The van der Waals surface area contributed by atoms with Crippen LogP contribution in [-0.4, -0.2) is 38.8 Å². The van der Waals surface area contributed by atoms with E-state index in [4.69, 9.17) is 9.15 Å². The first-order valence-corrected chi connectivity index (χ1v) is 10.3. The number of carbonyl (C=O) groups excluding carboxylic acids is 1. The summed E-state index contributed by atoms with van der Waals surface area (Å²) < 4.78 is 38.1. The molecule has 1 fully saturated rings. The van der Waals surface area contributed by atoms with Crippen molar-refractivity contribution in [3.05, 3.63) is 47.9 Å². The minimum atomic E-state index is -3.74. The van der Waals surface area contributed by atoms with Crippen molar-refractivity contribution in [3.8, 4) is 5.75 Å². The monoisotopic (exact) mass is 392 g/mol. The normalized spacial score (nSPS) is 18.2. The molecule has 1 aromatic carbocycles. The van der Waals surface area contributed by atoms with Gasteiger partial charge in [-0.2, -0.15) is 4.31 Å². The third-order valence-electron chi connectivity index (χ3n) is 4.71. The Balaban J connectivity index is 1.73. The zero-order valence-corrected chi connectivity index (χ0v) is 16.3. The van der Waals surface area contributed by atoms with Crippen LogP contribution >= 0.6 is 0 Å². The van der Waals surface area contributed by atoms with E-state index in [1.54, 1.807) is 36.6 Å². The number of benzene rings is 1. The number of carbonyl (C=O) groups is 1. The zero-order chi connectivity index (χ0) is 19.4. The Morgan fingerprint density at radius 1 is 1.37 bits per heavy atom. The number of hydrogen-bond acceptors (Lipinski definition) is 5. The average molecular weight is 392 g/mol. The molecule has 1 N–H and O–H groups in total. The van der Waals surface area contributed by atoms with Crippen LogP contribution in [0.5, 0.6) is 5.75 Å². The standard InChI is InChI=1S/C19H24N2O5S/c1-14-7-8-17(25-2)18(11-14)27(23,24)21-9-3-5-15(13-21)19(22)20-12-16-6-4-10-26-16/h4,6-8,10-11,15H,3,5,9,12-13H2,1-2H3,(H,20,22)/t15-/m1/s1. The van der Waals surface area contributed by atoms with Crippen molar-refractivity contribution >= 4 is 15.9 Å². The summed E-state index contributed by atoms with van der Waals surface area (Å²) >= 11 is 0. The maximum Gasteiger partial charge on any atom is 0.246 e. The van der Waals surface area contributed by atoms with E-state index in [0.717, 1.165) is 5.56 Å². The fraction of sp³-hybridized carbons (Fsp3) is 0.421. The Kier molecular flexibility index (Phi) is 5.86. The predicted molar refractivity (Wildman–Crippen MR) is 99.8 cm³/mol. The Labute approximate surface area is 159 Å². The maximum absolute atomic E-state index is 13.1. The summed E-state index contributed by atoms with van der Waals surface area (Å²) in [5.74, 6) is 0.417. The van der Waals surface area contributed by atoms with E-state index in [0.29, 0.717) is 37.4 Å². The second-order valence-electron chi connectivity index (χ2n) is 6.65. The largest absolute Gasteiger partial charge is 0.495 e. The van der Waals surface area contributed by atoms with Gasteiger partial charge in [0.15, 0.2) is 0 Å². The van der Waals surface area contributed by atoms with Crippen molar-refractivity contribution < 1.29 is 22.4 Å². The summed E-state index contributed by atoms with van der Waals surface area (Å²) in [4.78, 5) is 12.6. The van der Waals surface area contributed by atoms with Gasteiger partial charge in [0.05, 0.1) is 25.8 Å². The number of aryl methyl sites for hydroxylation is 1. The van der Waals surface area contributed by atoms with E-state index < -0.39 is 10.0 Å². The highest BCUT2D eigenvalue weighted by atomic mass is 32.2. The van der Waals surface area contributed by atoms with Crippen LogP contribution in [0.4, 0.5) is 0 Å². The number of nitrogens with zero attached hydrogens (tertiary/aromatic N) is 1. The summed E-state index contributed by atoms with van der Waals surface area (Å²) in [5.41, 5.74) is 0.833. The van der Waals surface area contributed by atoms with Crippen molar-refractivity contribution in [1.29, 1.82) is 0 Å². The van der Waals surface area contributed by atoms with E-state index in [1.807, 2.05) is 6.92 Å². The molecule has 2 heterocycles. The SMILES string of the molecule is COc1ccc(C)cc1S(=O)(=O)N1CCC[C@@H](C(=O)NCc2ccco2)C1. The fourth-order valence-corrected chi connectivity index (χ4v) is 5.00. The topological polar surface area (TPSA) is 88.9 Å². The molecular weight excluding hydrogens is 368 g/mol. The van der Waals surface area contributed by atoms with Gasteiger partial charge in [-0.05, 0) is 49.6 Å². The third-order valence-corrected chi connectivity index (χ3v) is 6.60. The number of sulfonamides is 1. The molecule has 1 aliphatic rings. The fourth-order valence-electron chi connectivity index (χ4n) is 3.23. The van der Waals surface area contributed by atoms with Gasteiger partial charge >= 0.3 is 0 Å². The van der Waals surface area contributed by atoms with Crippen LogP contribution in [0.25, 0.3) is 0 Å². The van der Waals surface area contributed by atoms with Gasteiger partial charge in [-0.15, -0.1) is 0 Å². The highest BCUT2D eigenvalue weighted by Crippen LogP contribution is 2.30. The van der Waals surface area contributed by atoms with Crippen LogP contribution in [0.1, 0.15) is 24.2 Å². The van der Waals surface area contributed by atoms with Crippen molar-refractivity contribution in [2.45, 2.75) is 31.2 Å². The first kappa shape index (κ1) is 19.4. The second-order valence-corrected chi connectivity index (χ2v) is 8.56. The lowest BCUT2D eigenvalue weighted by atomic mass is 9.99. The molecule has 8 heteroatoms. The van der Waals surface area contributed by atoms with Gasteiger partial charge in [0.1, 0.15) is 16.4 Å². The minimum Gasteiger partial charge on any atom is -0.495 e. The summed E-state index contributed by atoms with van der Waals surface area (Å²) in [6.45, 7) is 2.67. The van der Waals surface area contributed by atoms with Crippen LogP contribution < -0.4 is 10.1 Å². The third kappa shape index (κ3) is 4.33. The number of amides is 1. The molecule has 1 atom stereocenters. The van der Waals surface area contributed by atoms with E-state index in [1.165, 1.54) is 11.4 Å². The highest BCUT2D eigenvalue weighted by molar-refractivity contribution is 7.89. The molecule has 3 rings (SSSR count). The van der Waals surface area contributed by atoms with Gasteiger partial charge in [0.2, 0.25) is 15.9 Å². The lowest BCUT2D eigenvalue weighted by Gasteiger charge is -2.31. The highest BCUT2D eigenvalue weighted by Gasteiger charge is 2.34. The van der Waals surface area contributed by atoms with Gasteiger partial charge < -0.3 is 14.5 Å². The molecule has 1 aromatic heterocycles. The number of ether oxygens (including phenoxy) is 1. The molecular formula is C19H24N2O5S. The van der Waals surface area contributed by atoms with Crippen molar-refractivity contribution in [2.75, 3.05) is 20.2 Å². The molecule has 7 nitrogen and oxygen atoms in total. The molecule has 0 aliphatic carbocycles. The van der Waals surface area contributed by atoms with Gasteiger partial charge in [0.25, 0.3) is 0 Å². The van der Waals surface area contributed by atoms with E-state index in [9.17, 15) is 13.2 Å². The van der Waals surface area contributed by atoms with Crippen LogP contribution in [-0.2, 0) is 21.4 Å². The van der Waals surface area contributed by atoms with E-state index in [2.05, 4.69) is 5.32 Å². The van der Waals surface area contributed by atoms with Crippen LogP contribution in [0.2, 0.25) is 0 Å². The second kappa shape index (κ2) is 8.14. The van der Waals surface area contributed by atoms with Gasteiger partial charge in [-0.1, -0.05) is 6.07 Å². The summed E-state index contributed by atoms with van der Waals surface area (Å²) in [6.07, 6.45) is 2.83. The quantitative estimate of drug-likeness (QED) is 0.815. The molecule has 0 bridgehead atoms. The molecule has 0 spiro atoms. The number of nitrogens with one attached hydrogen (secondary N) is 1. The molecule has 2 aromatic rings. The molecule has 146 valence electrons. The molecule has 0 unspecified atom stereocenters. The molecule has 0 saturated carbocycles. The number of hydrogen-bond donors (Lipinski definition) is 1. The number of methoxy groups -OCH3 is 1. The Hall–Kier alpha value is -2.32.